The maximum Gasteiger partial charge on any atom is 0.253 e. The van der Waals surface area contributed by atoms with Gasteiger partial charge in [-0.15, -0.1) is 0 Å². The highest BCUT2D eigenvalue weighted by atomic mass is 16.2. The lowest BCUT2D eigenvalue weighted by atomic mass is 9.88. The molecule has 0 bridgehead atoms. The Morgan fingerprint density at radius 2 is 1.34 bits per heavy atom. The fraction of sp³-hybridized carbons (Fsp3) is 0.200. The van der Waals surface area contributed by atoms with Gasteiger partial charge in [-0.1, -0.05) is 0 Å². The summed E-state index contributed by atoms with van der Waals surface area (Å²) in [6, 6.07) is 11.3. The fourth-order valence-corrected chi connectivity index (χ4v) is 4.13. The second kappa shape index (κ2) is 9.01. The molecule has 0 aliphatic carbocycles. The van der Waals surface area contributed by atoms with Crippen LogP contribution in [-0.2, 0) is 0 Å². The minimum atomic E-state index is 0.0559. The largest absolute Gasteiger partial charge is 0.339 e. The Morgan fingerprint density at radius 1 is 0.781 bits per heavy atom. The van der Waals surface area contributed by atoms with Gasteiger partial charge in [0.2, 0.25) is 0 Å². The lowest BCUT2D eigenvalue weighted by molar-refractivity contribution is 0.0712. The van der Waals surface area contributed by atoms with Crippen molar-refractivity contribution in [3.63, 3.8) is 0 Å². The number of piperidine rings is 1. The van der Waals surface area contributed by atoms with E-state index in [0.29, 0.717) is 24.5 Å². The Bertz CT molecular complexity index is 1190. The van der Waals surface area contributed by atoms with Crippen molar-refractivity contribution in [2.75, 3.05) is 13.1 Å². The van der Waals surface area contributed by atoms with Crippen LogP contribution in [0.15, 0.2) is 79.8 Å². The number of amides is 1. The summed E-state index contributed by atoms with van der Waals surface area (Å²) in [4.78, 5) is 36.6. The number of hydrogen-bond acceptors (Lipinski definition) is 6. The van der Waals surface area contributed by atoms with Gasteiger partial charge in [-0.05, 0) is 54.8 Å². The molecule has 5 heterocycles. The van der Waals surface area contributed by atoms with Gasteiger partial charge in [-0.3, -0.25) is 19.7 Å². The van der Waals surface area contributed by atoms with Crippen molar-refractivity contribution in [1.82, 2.24) is 29.8 Å². The second-order valence-corrected chi connectivity index (χ2v) is 7.77. The zero-order valence-electron chi connectivity index (χ0n) is 17.5. The number of likely N-dealkylation sites (tertiary alicyclic amines) is 1. The molecule has 7 nitrogen and oxygen atoms in total. The molecule has 0 saturated carbocycles. The summed E-state index contributed by atoms with van der Waals surface area (Å²) in [7, 11) is 0. The van der Waals surface area contributed by atoms with Crippen LogP contribution in [0, 0.1) is 0 Å². The van der Waals surface area contributed by atoms with Crippen LogP contribution in [0.4, 0.5) is 0 Å². The van der Waals surface area contributed by atoms with Crippen molar-refractivity contribution in [2.24, 2.45) is 0 Å². The van der Waals surface area contributed by atoms with Gasteiger partial charge in [0.15, 0.2) is 5.82 Å². The van der Waals surface area contributed by atoms with E-state index in [4.69, 9.17) is 4.98 Å². The van der Waals surface area contributed by atoms with Gasteiger partial charge >= 0.3 is 0 Å². The summed E-state index contributed by atoms with van der Waals surface area (Å²) in [6.45, 7) is 1.38. The SMILES string of the molecule is O=C(c1ccncc1)N1CCC(c2nc(-c3ccncc3)ncc2-c2ccncc2)CC1. The lowest BCUT2D eigenvalue weighted by Gasteiger charge is -2.32. The minimum Gasteiger partial charge on any atom is -0.339 e. The summed E-state index contributed by atoms with van der Waals surface area (Å²) in [5, 5.41) is 0. The molecule has 0 aromatic carbocycles. The van der Waals surface area contributed by atoms with E-state index in [9.17, 15) is 4.79 Å². The first-order valence-electron chi connectivity index (χ1n) is 10.7. The molecule has 1 aliphatic heterocycles. The molecule has 32 heavy (non-hydrogen) atoms. The van der Waals surface area contributed by atoms with Crippen LogP contribution >= 0.6 is 0 Å². The van der Waals surface area contributed by atoms with Crippen LogP contribution in [0.1, 0.15) is 34.8 Å². The molecule has 0 spiro atoms. The van der Waals surface area contributed by atoms with Crippen molar-refractivity contribution in [3.8, 4) is 22.5 Å². The molecule has 0 unspecified atom stereocenters. The van der Waals surface area contributed by atoms with Crippen molar-refractivity contribution < 1.29 is 4.79 Å². The van der Waals surface area contributed by atoms with Crippen LogP contribution in [-0.4, -0.2) is 48.8 Å². The second-order valence-electron chi connectivity index (χ2n) is 7.77. The minimum absolute atomic E-state index is 0.0559. The van der Waals surface area contributed by atoms with Crippen LogP contribution in [0.5, 0.6) is 0 Å². The van der Waals surface area contributed by atoms with Crippen molar-refractivity contribution in [3.05, 3.63) is 91.0 Å². The van der Waals surface area contributed by atoms with E-state index in [1.807, 2.05) is 35.4 Å². The predicted molar refractivity (Wildman–Crippen MR) is 121 cm³/mol. The normalized spacial score (nSPS) is 14.3. The number of carbonyl (C=O) groups is 1. The van der Waals surface area contributed by atoms with Gasteiger partial charge in [-0.2, -0.15) is 0 Å². The standard InChI is InChI=1S/C25H22N6O/c32-25(21-5-13-28-14-6-21)31-15-7-19(8-16-31)23-22(18-1-9-26-10-2-18)17-29-24(30-23)20-3-11-27-12-4-20/h1-6,9-14,17,19H,7-8,15-16H2. The van der Waals surface area contributed by atoms with E-state index in [-0.39, 0.29) is 11.8 Å². The van der Waals surface area contributed by atoms with Gasteiger partial charge in [0.1, 0.15) is 0 Å². The highest BCUT2D eigenvalue weighted by Crippen LogP contribution is 2.35. The third-order valence-corrected chi connectivity index (χ3v) is 5.84. The Kier molecular flexibility index (Phi) is 5.61. The van der Waals surface area contributed by atoms with Crippen molar-refractivity contribution in [1.29, 1.82) is 0 Å². The van der Waals surface area contributed by atoms with Crippen LogP contribution in [0.3, 0.4) is 0 Å². The summed E-state index contributed by atoms with van der Waals surface area (Å²) in [5.74, 6) is 0.985. The van der Waals surface area contributed by atoms with Crippen molar-refractivity contribution >= 4 is 5.91 Å². The highest BCUT2D eigenvalue weighted by molar-refractivity contribution is 5.94. The Hall–Kier alpha value is -4.00. The quantitative estimate of drug-likeness (QED) is 0.494. The average molecular weight is 422 g/mol. The zero-order chi connectivity index (χ0) is 21.8. The van der Waals surface area contributed by atoms with E-state index in [2.05, 4.69) is 19.9 Å². The summed E-state index contributed by atoms with van der Waals surface area (Å²) < 4.78 is 0. The van der Waals surface area contributed by atoms with Crippen LogP contribution in [0.2, 0.25) is 0 Å². The van der Waals surface area contributed by atoms with E-state index >= 15 is 0 Å². The molecule has 1 saturated heterocycles. The third-order valence-electron chi connectivity index (χ3n) is 5.84. The topological polar surface area (TPSA) is 84.8 Å². The van der Waals surface area contributed by atoms with Gasteiger partial charge < -0.3 is 4.90 Å². The van der Waals surface area contributed by atoms with E-state index in [1.165, 1.54) is 0 Å². The summed E-state index contributed by atoms with van der Waals surface area (Å²) in [6.07, 6.45) is 14.0. The van der Waals surface area contributed by atoms with Gasteiger partial charge in [-0.25, -0.2) is 9.97 Å². The number of aromatic nitrogens is 5. The molecule has 1 amide bonds. The summed E-state index contributed by atoms with van der Waals surface area (Å²) in [5.41, 5.74) is 4.70. The van der Waals surface area contributed by atoms with E-state index in [0.717, 1.165) is 35.2 Å². The third kappa shape index (κ3) is 4.09. The molecule has 1 aliphatic rings. The number of rotatable bonds is 4. The maximum atomic E-state index is 12.8. The van der Waals surface area contributed by atoms with Gasteiger partial charge in [0.25, 0.3) is 5.91 Å². The molecule has 5 rings (SSSR count). The molecule has 1 fully saturated rings. The molecule has 4 aromatic heterocycles. The highest BCUT2D eigenvalue weighted by Gasteiger charge is 2.27. The Morgan fingerprint density at radius 3 is 1.97 bits per heavy atom. The van der Waals surface area contributed by atoms with Crippen LogP contribution < -0.4 is 0 Å². The first-order valence-corrected chi connectivity index (χ1v) is 10.7. The van der Waals surface area contributed by atoms with Crippen molar-refractivity contribution in [2.45, 2.75) is 18.8 Å². The Labute approximate surface area is 186 Å². The lowest BCUT2D eigenvalue weighted by Crippen LogP contribution is -2.38. The van der Waals surface area contributed by atoms with E-state index in [1.54, 1.807) is 49.3 Å². The number of hydrogen-bond donors (Lipinski definition) is 0. The molecular formula is C25H22N6O. The number of pyridine rings is 3. The first kappa shape index (κ1) is 19.9. The van der Waals surface area contributed by atoms with Gasteiger partial charge in [0, 0.05) is 79.1 Å². The summed E-state index contributed by atoms with van der Waals surface area (Å²) >= 11 is 0. The molecule has 158 valence electrons. The number of carbonyl (C=O) groups excluding carboxylic acids is 1. The maximum absolute atomic E-state index is 12.8. The average Bonchev–Trinajstić information content (AvgIpc) is 2.89. The molecule has 4 aromatic rings. The van der Waals surface area contributed by atoms with Gasteiger partial charge in [0.05, 0.1) is 5.69 Å². The molecular weight excluding hydrogens is 400 g/mol. The predicted octanol–water partition coefficient (Wildman–Crippen LogP) is 4.02. The fourth-order valence-electron chi connectivity index (χ4n) is 4.13. The van der Waals surface area contributed by atoms with E-state index < -0.39 is 0 Å². The molecule has 0 radical (unpaired) electrons. The smallest absolute Gasteiger partial charge is 0.253 e. The first-order chi connectivity index (χ1) is 15.8. The number of nitrogens with zero attached hydrogens (tertiary/aromatic N) is 6. The van der Waals surface area contributed by atoms with Crippen LogP contribution in [0.25, 0.3) is 22.5 Å². The zero-order valence-corrected chi connectivity index (χ0v) is 17.5. The molecule has 0 N–H and O–H groups in total. The Balaban J connectivity index is 1.43. The molecule has 0 atom stereocenters. The molecule has 7 heteroatoms. The monoisotopic (exact) mass is 422 g/mol.